The number of rotatable bonds is 5. The minimum atomic E-state index is -4.07. The van der Waals surface area contributed by atoms with Gasteiger partial charge in [0.05, 0.1) is 5.69 Å². The summed E-state index contributed by atoms with van der Waals surface area (Å²) in [6.07, 6.45) is -2.65. The molecule has 17 heavy (non-hydrogen) atoms. The lowest BCUT2D eigenvalue weighted by molar-refractivity contribution is -0.135. The average Bonchev–Trinajstić information content (AvgIpc) is 2.22. The zero-order chi connectivity index (χ0) is 12.9. The number of hydrogen-bond donors (Lipinski definition) is 2. The van der Waals surface area contributed by atoms with Crippen LogP contribution in [0.2, 0.25) is 0 Å². The lowest BCUT2D eigenvalue weighted by Gasteiger charge is -2.10. The van der Waals surface area contributed by atoms with Crippen molar-refractivity contribution in [1.29, 1.82) is 0 Å². The van der Waals surface area contributed by atoms with Crippen LogP contribution in [0.15, 0.2) is 12.3 Å². The third-order valence-electron chi connectivity index (χ3n) is 2.39. The Bertz CT molecular complexity index is 363. The molecule has 1 heterocycles. The van der Waals surface area contributed by atoms with E-state index in [4.69, 9.17) is 5.73 Å². The number of aryl methyl sites for hydroxylation is 1. The summed E-state index contributed by atoms with van der Waals surface area (Å²) >= 11 is 0. The fourth-order valence-corrected chi connectivity index (χ4v) is 1.37. The third-order valence-corrected chi connectivity index (χ3v) is 2.39. The molecule has 0 fully saturated rings. The van der Waals surface area contributed by atoms with Crippen molar-refractivity contribution in [3.05, 3.63) is 17.8 Å². The second kappa shape index (κ2) is 5.75. The molecule has 96 valence electrons. The van der Waals surface area contributed by atoms with E-state index in [-0.39, 0.29) is 6.42 Å². The van der Waals surface area contributed by atoms with Crippen molar-refractivity contribution in [3.8, 4) is 0 Å². The second-order valence-corrected chi connectivity index (χ2v) is 3.89. The summed E-state index contributed by atoms with van der Waals surface area (Å²) in [5, 5.41) is 2.94. The van der Waals surface area contributed by atoms with Gasteiger partial charge in [-0.2, -0.15) is 13.2 Å². The quantitative estimate of drug-likeness (QED) is 0.786. The van der Waals surface area contributed by atoms with Crippen molar-refractivity contribution in [1.82, 2.24) is 4.98 Å². The first-order valence-electron chi connectivity index (χ1n) is 5.42. The van der Waals surface area contributed by atoms with Crippen LogP contribution >= 0.6 is 0 Å². The predicted molar refractivity (Wildman–Crippen MR) is 61.8 cm³/mol. The van der Waals surface area contributed by atoms with Crippen LogP contribution in [0.4, 0.5) is 24.7 Å². The van der Waals surface area contributed by atoms with Crippen LogP contribution in [0, 0.1) is 6.92 Å². The molecule has 1 aromatic rings. The Morgan fingerprint density at radius 3 is 2.71 bits per heavy atom. The number of pyridine rings is 1. The summed E-state index contributed by atoms with van der Waals surface area (Å²) in [4.78, 5) is 4.03. The molecule has 1 rings (SSSR count). The number of aromatic nitrogens is 1. The molecule has 0 unspecified atom stereocenters. The van der Waals surface area contributed by atoms with Gasteiger partial charge in [-0.3, -0.25) is 0 Å². The third kappa shape index (κ3) is 4.93. The SMILES string of the molecule is Cc1ccnc(NCCCCC(F)(F)F)c1N. The maximum absolute atomic E-state index is 11.9. The molecular weight excluding hydrogens is 231 g/mol. The first-order valence-corrected chi connectivity index (χ1v) is 5.42. The highest BCUT2D eigenvalue weighted by Crippen LogP contribution is 2.22. The van der Waals surface area contributed by atoms with Gasteiger partial charge in [0.25, 0.3) is 0 Å². The van der Waals surface area contributed by atoms with E-state index in [2.05, 4.69) is 10.3 Å². The van der Waals surface area contributed by atoms with Crippen LogP contribution in [0.5, 0.6) is 0 Å². The number of nitrogens with one attached hydrogen (secondary N) is 1. The molecule has 3 N–H and O–H groups in total. The van der Waals surface area contributed by atoms with Crippen LogP contribution in [0.25, 0.3) is 0 Å². The highest BCUT2D eigenvalue weighted by Gasteiger charge is 2.25. The first kappa shape index (κ1) is 13.6. The molecular formula is C11H16F3N3. The second-order valence-electron chi connectivity index (χ2n) is 3.89. The van der Waals surface area contributed by atoms with Gasteiger partial charge in [0.15, 0.2) is 0 Å². The Labute approximate surface area is 98.2 Å². The van der Waals surface area contributed by atoms with Gasteiger partial charge in [0.2, 0.25) is 0 Å². The predicted octanol–water partition coefficient (Wildman–Crippen LogP) is 3.12. The minimum Gasteiger partial charge on any atom is -0.396 e. The van der Waals surface area contributed by atoms with Crippen LogP contribution < -0.4 is 11.1 Å². The van der Waals surface area contributed by atoms with Gasteiger partial charge in [-0.25, -0.2) is 4.98 Å². The van der Waals surface area contributed by atoms with Crippen molar-refractivity contribution >= 4 is 11.5 Å². The minimum absolute atomic E-state index is 0.113. The van der Waals surface area contributed by atoms with Crippen LogP contribution in [-0.4, -0.2) is 17.7 Å². The van der Waals surface area contributed by atoms with Crippen molar-refractivity contribution in [3.63, 3.8) is 0 Å². The van der Waals surface area contributed by atoms with Gasteiger partial charge in [-0.15, -0.1) is 0 Å². The Kier molecular flexibility index (Phi) is 4.60. The van der Waals surface area contributed by atoms with E-state index >= 15 is 0 Å². The van der Waals surface area contributed by atoms with E-state index in [1.807, 2.05) is 6.92 Å². The Morgan fingerprint density at radius 1 is 1.35 bits per heavy atom. The fourth-order valence-electron chi connectivity index (χ4n) is 1.37. The lowest BCUT2D eigenvalue weighted by Crippen LogP contribution is -2.10. The highest BCUT2D eigenvalue weighted by molar-refractivity contribution is 5.64. The number of unbranched alkanes of at least 4 members (excludes halogenated alkanes) is 1. The van der Waals surface area contributed by atoms with Gasteiger partial charge in [-0.1, -0.05) is 0 Å². The zero-order valence-corrected chi connectivity index (χ0v) is 9.64. The first-order chi connectivity index (χ1) is 7.90. The molecule has 0 aliphatic heterocycles. The topological polar surface area (TPSA) is 50.9 Å². The average molecular weight is 247 g/mol. The maximum atomic E-state index is 11.9. The summed E-state index contributed by atoms with van der Waals surface area (Å²) in [6, 6.07) is 1.78. The lowest BCUT2D eigenvalue weighted by atomic mass is 10.2. The molecule has 0 atom stereocenters. The van der Waals surface area contributed by atoms with Crippen molar-refractivity contribution < 1.29 is 13.2 Å². The van der Waals surface area contributed by atoms with E-state index in [0.29, 0.717) is 24.5 Å². The van der Waals surface area contributed by atoms with Crippen LogP contribution in [-0.2, 0) is 0 Å². The summed E-state index contributed by atoms with van der Waals surface area (Å²) in [5.41, 5.74) is 7.21. The number of nitrogens with zero attached hydrogens (tertiary/aromatic N) is 1. The van der Waals surface area contributed by atoms with Crippen LogP contribution in [0.1, 0.15) is 24.8 Å². The molecule has 0 spiro atoms. The molecule has 0 saturated carbocycles. The molecule has 1 aromatic heterocycles. The number of anilines is 2. The number of nitrogens with two attached hydrogens (primary N) is 1. The monoisotopic (exact) mass is 247 g/mol. The van der Waals surface area contributed by atoms with E-state index < -0.39 is 12.6 Å². The number of halogens is 3. The Hall–Kier alpha value is -1.46. The van der Waals surface area contributed by atoms with E-state index in [9.17, 15) is 13.2 Å². The van der Waals surface area contributed by atoms with Crippen molar-refractivity contribution in [2.75, 3.05) is 17.6 Å². The fraction of sp³-hybridized carbons (Fsp3) is 0.545. The van der Waals surface area contributed by atoms with Crippen LogP contribution in [0.3, 0.4) is 0 Å². The summed E-state index contributed by atoms with van der Waals surface area (Å²) in [5.74, 6) is 0.539. The smallest absolute Gasteiger partial charge is 0.389 e. The molecule has 0 radical (unpaired) electrons. The highest BCUT2D eigenvalue weighted by atomic mass is 19.4. The van der Waals surface area contributed by atoms with Crippen molar-refractivity contribution in [2.45, 2.75) is 32.4 Å². The standard InChI is InChI=1S/C11H16F3N3/c1-8-4-7-17-10(9(8)15)16-6-3-2-5-11(12,13)14/h4,7H,2-3,5-6,15H2,1H3,(H,16,17). The van der Waals surface area contributed by atoms with Gasteiger partial charge in [0.1, 0.15) is 5.82 Å². The largest absolute Gasteiger partial charge is 0.396 e. The van der Waals surface area contributed by atoms with Gasteiger partial charge < -0.3 is 11.1 Å². The van der Waals surface area contributed by atoms with E-state index in [1.54, 1.807) is 12.3 Å². The van der Waals surface area contributed by atoms with Gasteiger partial charge in [0, 0.05) is 19.2 Å². The molecule has 3 nitrogen and oxygen atoms in total. The summed E-state index contributed by atoms with van der Waals surface area (Å²) < 4.78 is 35.6. The summed E-state index contributed by atoms with van der Waals surface area (Å²) in [6.45, 7) is 2.29. The zero-order valence-electron chi connectivity index (χ0n) is 9.64. The molecule has 6 heteroatoms. The number of hydrogen-bond acceptors (Lipinski definition) is 3. The normalized spacial score (nSPS) is 11.5. The summed E-state index contributed by atoms with van der Waals surface area (Å²) in [7, 11) is 0. The van der Waals surface area contributed by atoms with Gasteiger partial charge in [-0.05, 0) is 31.4 Å². The molecule has 0 aliphatic rings. The van der Waals surface area contributed by atoms with E-state index in [1.165, 1.54) is 0 Å². The molecule has 0 saturated heterocycles. The van der Waals surface area contributed by atoms with E-state index in [0.717, 1.165) is 5.56 Å². The Balaban J connectivity index is 2.29. The maximum Gasteiger partial charge on any atom is 0.389 e. The van der Waals surface area contributed by atoms with Gasteiger partial charge >= 0.3 is 6.18 Å². The molecule has 0 bridgehead atoms. The number of alkyl halides is 3. The molecule has 0 aliphatic carbocycles. The molecule has 0 amide bonds. The number of nitrogen functional groups attached to an aromatic ring is 1. The molecule has 0 aromatic carbocycles. The Morgan fingerprint density at radius 2 is 2.06 bits per heavy atom. The van der Waals surface area contributed by atoms with Crippen molar-refractivity contribution in [2.24, 2.45) is 0 Å².